The number of aryl methyl sites for hydroxylation is 1. The third kappa shape index (κ3) is 4.81. The van der Waals surface area contributed by atoms with Gasteiger partial charge in [0.05, 0.1) is 6.42 Å². The van der Waals surface area contributed by atoms with Crippen LogP contribution in [-0.2, 0) is 16.0 Å². The van der Waals surface area contributed by atoms with E-state index in [0.29, 0.717) is 12.5 Å². The van der Waals surface area contributed by atoms with Gasteiger partial charge in [-0.2, -0.15) is 0 Å². The minimum absolute atomic E-state index is 0.0143. The maximum Gasteiger partial charge on any atom is 0.305 e. The molecule has 1 aliphatic heterocycles. The monoisotopic (exact) mass is 359 g/mol. The van der Waals surface area contributed by atoms with Crippen molar-refractivity contribution in [2.45, 2.75) is 57.4 Å². The van der Waals surface area contributed by atoms with Crippen LogP contribution in [0.25, 0.3) is 0 Å². The minimum Gasteiger partial charge on any atom is -0.481 e. The Balaban J connectivity index is 1.37. The maximum absolute atomic E-state index is 11.6. The molecular weight excluding hydrogens is 330 g/mol. The fourth-order valence-electron chi connectivity index (χ4n) is 4.38. The van der Waals surface area contributed by atoms with Crippen LogP contribution >= 0.6 is 0 Å². The van der Waals surface area contributed by atoms with Crippen LogP contribution in [0.4, 0.5) is 0 Å². The second-order valence-corrected chi connectivity index (χ2v) is 7.45. The van der Waals surface area contributed by atoms with Gasteiger partial charge < -0.3 is 10.4 Å². The van der Waals surface area contributed by atoms with Gasteiger partial charge in [0.1, 0.15) is 0 Å². The van der Waals surface area contributed by atoms with Gasteiger partial charge in [0.2, 0.25) is 5.91 Å². The van der Waals surface area contributed by atoms with Crippen molar-refractivity contribution in [1.29, 1.82) is 0 Å². The average molecular weight is 359 g/mol. The number of nitrogens with one attached hydrogen (secondary N) is 1. The molecule has 2 atom stereocenters. The zero-order chi connectivity index (χ0) is 18.4. The molecule has 2 N–H and O–H groups in total. The number of likely N-dealkylation sites (tertiary alicyclic amines) is 1. The third-order valence-electron chi connectivity index (χ3n) is 5.69. The zero-order valence-electron chi connectivity index (χ0n) is 15.3. The lowest BCUT2D eigenvalue weighted by Crippen LogP contribution is -2.30. The number of carboxylic acid groups (broad SMARTS) is 1. The molecule has 0 aromatic carbocycles. The second kappa shape index (κ2) is 9.12. The number of hydrogen-bond acceptors (Lipinski definition) is 4. The van der Waals surface area contributed by atoms with E-state index in [0.717, 1.165) is 31.7 Å². The molecule has 0 bridgehead atoms. The summed E-state index contributed by atoms with van der Waals surface area (Å²) in [6.45, 7) is 2.47. The molecule has 0 spiro atoms. The van der Waals surface area contributed by atoms with Crippen molar-refractivity contribution in [1.82, 2.24) is 15.2 Å². The molecule has 0 radical (unpaired) electrons. The topological polar surface area (TPSA) is 82.5 Å². The molecule has 2 aliphatic rings. The number of carboxylic acids is 1. The van der Waals surface area contributed by atoms with E-state index in [1.807, 2.05) is 6.20 Å². The Morgan fingerprint density at radius 1 is 1.23 bits per heavy atom. The van der Waals surface area contributed by atoms with Gasteiger partial charge in [-0.25, -0.2) is 0 Å². The van der Waals surface area contributed by atoms with E-state index in [4.69, 9.17) is 5.11 Å². The first-order chi connectivity index (χ1) is 12.6. The molecule has 26 heavy (non-hydrogen) atoms. The smallest absolute Gasteiger partial charge is 0.305 e. The Morgan fingerprint density at radius 3 is 2.96 bits per heavy atom. The van der Waals surface area contributed by atoms with E-state index in [-0.39, 0.29) is 18.9 Å². The van der Waals surface area contributed by atoms with Gasteiger partial charge in [-0.05, 0) is 68.3 Å². The summed E-state index contributed by atoms with van der Waals surface area (Å²) in [6, 6.07) is 2.71. The molecule has 1 amide bonds. The number of pyridine rings is 1. The molecule has 142 valence electrons. The van der Waals surface area contributed by atoms with Crippen LogP contribution in [0.5, 0.6) is 0 Å². The highest BCUT2D eigenvalue weighted by Crippen LogP contribution is 2.44. The van der Waals surface area contributed by atoms with Crippen molar-refractivity contribution < 1.29 is 14.7 Å². The van der Waals surface area contributed by atoms with Gasteiger partial charge in [-0.3, -0.25) is 19.5 Å². The summed E-state index contributed by atoms with van der Waals surface area (Å²) in [5.74, 6) is -0.153. The molecule has 0 saturated carbocycles. The number of fused-ring (bicyclic) bond motifs is 3. The molecular formula is C20H29N3O3. The Bertz CT molecular complexity index is 634. The molecule has 6 heteroatoms. The largest absolute Gasteiger partial charge is 0.481 e. The van der Waals surface area contributed by atoms with Crippen LogP contribution in [-0.4, -0.2) is 46.5 Å². The Hall–Kier alpha value is -1.95. The van der Waals surface area contributed by atoms with Gasteiger partial charge >= 0.3 is 5.97 Å². The van der Waals surface area contributed by atoms with Crippen LogP contribution in [0.2, 0.25) is 0 Å². The van der Waals surface area contributed by atoms with E-state index in [1.165, 1.54) is 36.9 Å². The molecule has 1 aromatic rings. The van der Waals surface area contributed by atoms with E-state index >= 15 is 0 Å². The number of rotatable bonds is 9. The van der Waals surface area contributed by atoms with Crippen LogP contribution < -0.4 is 5.32 Å². The van der Waals surface area contributed by atoms with Crippen molar-refractivity contribution in [2.24, 2.45) is 5.92 Å². The SMILES string of the molecule is O=C(O)CCNC(=O)CCCCCN1CCC2CCc3ccncc3C21. The second-order valence-electron chi connectivity index (χ2n) is 7.45. The number of amides is 1. The first-order valence-corrected chi connectivity index (χ1v) is 9.80. The van der Waals surface area contributed by atoms with E-state index < -0.39 is 5.97 Å². The molecule has 3 rings (SSSR count). The molecule has 2 unspecified atom stereocenters. The van der Waals surface area contributed by atoms with Crippen molar-refractivity contribution in [3.63, 3.8) is 0 Å². The number of nitrogens with zero attached hydrogens (tertiary/aromatic N) is 2. The summed E-state index contributed by atoms with van der Waals surface area (Å²) in [4.78, 5) is 29.0. The highest BCUT2D eigenvalue weighted by molar-refractivity contribution is 5.76. The normalized spacial score (nSPS) is 21.8. The van der Waals surface area contributed by atoms with Gasteiger partial charge in [-0.15, -0.1) is 0 Å². The number of unbranched alkanes of at least 4 members (excludes halogenated alkanes) is 2. The number of carbonyl (C=O) groups is 2. The van der Waals surface area contributed by atoms with Crippen LogP contribution in [0, 0.1) is 5.92 Å². The van der Waals surface area contributed by atoms with Crippen LogP contribution in [0.3, 0.4) is 0 Å². The fraction of sp³-hybridized carbons (Fsp3) is 0.650. The molecule has 1 saturated heterocycles. The average Bonchev–Trinajstić information content (AvgIpc) is 3.05. The highest BCUT2D eigenvalue weighted by atomic mass is 16.4. The van der Waals surface area contributed by atoms with Gasteiger partial charge in [-0.1, -0.05) is 6.42 Å². The summed E-state index contributed by atoms with van der Waals surface area (Å²) in [6.07, 6.45) is 11.2. The van der Waals surface area contributed by atoms with Crippen molar-refractivity contribution in [3.05, 3.63) is 29.6 Å². The quantitative estimate of drug-likeness (QED) is 0.662. The molecule has 1 aromatic heterocycles. The summed E-state index contributed by atoms with van der Waals surface area (Å²) >= 11 is 0. The summed E-state index contributed by atoms with van der Waals surface area (Å²) in [5.41, 5.74) is 2.89. The minimum atomic E-state index is -0.881. The van der Waals surface area contributed by atoms with Gasteiger partial charge in [0.25, 0.3) is 0 Å². The summed E-state index contributed by atoms with van der Waals surface area (Å²) in [5, 5.41) is 11.2. The number of hydrogen-bond donors (Lipinski definition) is 2. The molecule has 6 nitrogen and oxygen atoms in total. The number of aromatic nitrogens is 1. The molecule has 1 aliphatic carbocycles. The highest BCUT2D eigenvalue weighted by Gasteiger charge is 2.38. The lowest BCUT2D eigenvalue weighted by Gasteiger charge is -2.33. The Kier molecular flexibility index (Phi) is 6.61. The fourth-order valence-corrected chi connectivity index (χ4v) is 4.38. The van der Waals surface area contributed by atoms with Crippen LogP contribution in [0.15, 0.2) is 18.5 Å². The molecule has 2 heterocycles. The standard InChI is InChI=1S/C20H29N3O3/c24-18(22-11-8-19(25)26)4-2-1-3-12-23-13-9-16-6-5-15-7-10-21-14-17(15)20(16)23/h7,10,14,16,20H,1-6,8-9,11-13H2,(H,22,24)(H,25,26). The first kappa shape index (κ1) is 18.8. The molecule has 1 fully saturated rings. The van der Waals surface area contributed by atoms with Gasteiger partial charge in [0.15, 0.2) is 0 Å². The van der Waals surface area contributed by atoms with Crippen molar-refractivity contribution in [2.75, 3.05) is 19.6 Å². The zero-order valence-corrected chi connectivity index (χ0v) is 15.3. The van der Waals surface area contributed by atoms with E-state index in [2.05, 4.69) is 27.5 Å². The van der Waals surface area contributed by atoms with E-state index in [9.17, 15) is 9.59 Å². The number of carbonyl (C=O) groups excluding carboxylic acids is 1. The van der Waals surface area contributed by atoms with Crippen molar-refractivity contribution in [3.8, 4) is 0 Å². The maximum atomic E-state index is 11.6. The Morgan fingerprint density at radius 2 is 2.12 bits per heavy atom. The third-order valence-corrected chi connectivity index (χ3v) is 5.69. The lowest BCUT2D eigenvalue weighted by molar-refractivity contribution is -0.136. The van der Waals surface area contributed by atoms with Gasteiger partial charge in [0, 0.05) is 31.4 Å². The first-order valence-electron chi connectivity index (χ1n) is 9.80. The van der Waals surface area contributed by atoms with Crippen LogP contribution in [0.1, 0.15) is 62.1 Å². The summed E-state index contributed by atoms with van der Waals surface area (Å²) in [7, 11) is 0. The lowest BCUT2D eigenvalue weighted by atomic mass is 9.81. The number of aliphatic carboxylic acids is 1. The predicted octanol–water partition coefficient (Wildman–Crippen LogP) is 2.54. The summed E-state index contributed by atoms with van der Waals surface area (Å²) < 4.78 is 0. The van der Waals surface area contributed by atoms with E-state index in [1.54, 1.807) is 0 Å². The Labute approximate surface area is 155 Å². The predicted molar refractivity (Wildman–Crippen MR) is 98.7 cm³/mol. The van der Waals surface area contributed by atoms with Crippen molar-refractivity contribution >= 4 is 11.9 Å².